The lowest BCUT2D eigenvalue weighted by Gasteiger charge is -1.98. The number of aryl methyl sites for hydroxylation is 1. The quantitative estimate of drug-likeness (QED) is 0.882. The monoisotopic (exact) mass is 265 g/mol. The Bertz CT molecular complexity index is 645. The van der Waals surface area contributed by atoms with E-state index in [9.17, 15) is 14.0 Å². The number of carboxylic acids is 2. The molecule has 0 saturated carbocycles. The van der Waals surface area contributed by atoms with Crippen molar-refractivity contribution in [2.24, 2.45) is 0 Å². The molecule has 2 aromatic rings. The Labute approximate surface area is 106 Å². The third kappa shape index (κ3) is 2.30. The molecular formula is C12H8FNO5. The number of benzene rings is 1. The Morgan fingerprint density at radius 1 is 1.26 bits per heavy atom. The molecule has 0 fully saturated rings. The van der Waals surface area contributed by atoms with Gasteiger partial charge in [-0.25, -0.2) is 19.0 Å². The van der Waals surface area contributed by atoms with E-state index in [0.717, 1.165) is 0 Å². The van der Waals surface area contributed by atoms with Crippen molar-refractivity contribution in [3.63, 3.8) is 0 Å². The second-order valence-corrected chi connectivity index (χ2v) is 3.79. The van der Waals surface area contributed by atoms with E-state index in [1.54, 1.807) is 13.0 Å². The van der Waals surface area contributed by atoms with Gasteiger partial charge in [0, 0.05) is 0 Å². The van der Waals surface area contributed by atoms with Gasteiger partial charge < -0.3 is 14.6 Å². The van der Waals surface area contributed by atoms with Gasteiger partial charge in [0.1, 0.15) is 5.82 Å². The van der Waals surface area contributed by atoms with Crippen molar-refractivity contribution < 1.29 is 28.6 Å². The largest absolute Gasteiger partial charge is 0.476 e. The highest BCUT2D eigenvalue weighted by Gasteiger charge is 2.26. The third-order valence-corrected chi connectivity index (χ3v) is 2.38. The maximum absolute atomic E-state index is 13.7. The minimum Gasteiger partial charge on any atom is -0.476 e. The van der Waals surface area contributed by atoms with Crippen molar-refractivity contribution in [1.82, 2.24) is 4.98 Å². The van der Waals surface area contributed by atoms with Crippen LogP contribution in [-0.4, -0.2) is 27.1 Å². The van der Waals surface area contributed by atoms with Gasteiger partial charge in [0.25, 0.3) is 0 Å². The SMILES string of the molecule is Cc1ccc(-c2nc(C(=O)O)c(C(=O)O)o2)c(F)c1. The van der Waals surface area contributed by atoms with Crippen LogP contribution < -0.4 is 0 Å². The highest BCUT2D eigenvalue weighted by atomic mass is 19.1. The molecule has 1 aromatic carbocycles. The van der Waals surface area contributed by atoms with Crippen molar-refractivity contribution in [3.8, 4) is 11.5 Å². The Balaban J connectivity index is 2.60. The smallest absolute Gasteiger partial charge is 0.374 e. The summed E-state index contributed by atoms with van der Waals surface area (Å²) < 4.78 is 18.5. The molecule has 6 nitrogen and oxygen atoms in total. The summed E-state index contributed by atoms with van der Waals surface area (Å²) in [6, 6.07) is 4.12. The Kier molecular flexibility index (Phi) is 3.04. The van der Waals surface area contributed by atoms with Gasteiger partial charge in [-0.2, -0.15) is 0 Å². The van der Waals surface area contributed by atoms with Gasteiger partial charge in [-0.15, -0.1) is 0 Å². The first kappa shape index (κ1) is 12.7. The van der Waals surface area contributed by atoms with Gasteiger partial charge >= 0.3 is 11.9 Å². The van der Waals surface area contributed by atoms with Crippen LogP contribution in [0.15, 0.2) is 22.6 Å². The fourth-order valence-electron chi connectivity index (χ4n) is 1.52. The summed E-state index contributed by atoms with van der Waals surface area (Å²) in [5.41, 5.74) is -0.201. The summed E-state index contributed by atoms with van der Waals surface area (Å²) in [6.45, 7) is 1.67. The van der Waals surface area contributed by atoms with Crippen LogP contribution in [-0.2, 0) is 0 Å². The highest BCUT2D eigenvalue weighted by molar-refractivity contribution is 5.98. The maximum Gasteiger partial charge on any atom is 0.374 e. The number of halogens is 1. The lowest BCUT2D eigenvalue weighted by atomic mass is 10.1. The van der Waals surface area contributed by atoms with E-state index < -0.39 is 29.2 Å². The Morgan fingerprint density at radius 3 is 2.42 bits per heavy atom. The van der Waals surface area contributed by atoms with E-state index in [0.29, 0.717) is 5.56 Å². The topological polar surface area (TPSA) is 101 Å². The number of carbonyl (C=O) groups is 2. The Morgan fingerprint density at radius 2 is 1.95 bits per heavy atom. The number of nitrogens with zero attached hydrogens (tertiary/aromatic N) is 1. The summed E-state index contributed by atoms with van der Waals surface area (Å²) in [6.07, 6.45) is 0. The van der Waals surface area contributed by atoms with Crippen LogP contribution in [0.3, 0.4) is 0 Å². The minimum absolute atomic E-state index is 0.0967. The summed E-state index contributed by atoms with van der Waals surface area (Å²) in [4.78, 5) is 25.2. The molecule has 98 valence electrons. The van der Waals surface area contributed by atoms with Crippen molar-refractivity contribution >= 4 is 11.9 Å². The molecule has 2 rings (SSSR count). The highest BCUT2D eigenvalue weighted by Crippen LogP contribution is 2.25. The summed E-state index contributed by atoms with van der Waals surface area (Å²) in [5.74, 6) is -5.02. The summed E-state index contributed by atoms with van der Waals surface area (Å²) >= 11 is 0. The second-order valence-electron chi connectivity index (χ2n) is 3.79. The van der Waals surface area contributed by atoms with Crippen LogP contribution in [0.1, 0.15) is 26.6 Å². The number of oxazole rings is 1. The fraction of sp³-hybridized carbons (Fsp3) is 0.0833. The van der Waals surface area contributed by atoms with Crippen LogP contribution in [0.2, 0.25) is 0 Å². The van der Waals surface area contributed by atoms with E-state index in [-0.39, 0.29) is 11.5 Å². The first-order valence-electron chi connectivity index (χ1n) is 5.14. The zero-order valence-corrected chi connectivity index (χ0v) is 9.68. The molecule has 0 radical (unpaired) electrons. The normalized spacial score (nSPS) is 10.4. The van der Waals surface area contributed by atoms with E-state index >= 15 is 0 Å². The van der Waals surface area contributed by atoms with Crippen molar-refractivity contribution in [2.45, 2.75) is 6.92 Å². The van der Waals surface area contributed by atoms with Crippen LogP contribution in [0.4, 0.5) is 4.39 Å². The maximum atomic E-state index is 13.7. The average Bonchev–Trinajstić information content (AvgIpc) is 2.73. The van der Waals surface area contributed by atoms with Crippen molar-refractivity contribution in [1.29, 1.82) is 0 Å². The molecule has 0 spiro atoms. The molecule has 2 N–H and O–H groups in total. The second kappa shape index (κ2) is 4.52. The minimum atomic E-state index is -1.58. The van der Waals surface area contributed by atoms with Crippen molar-refractivity contribution in [2.75, 3.05) is 0 Å². The molecule has 0 bridgehead atoms. The lowest BCUT2D eigenvalue weighted by Crippen LogP contribution is -2.05. The van der Waals surface area contributed by atoms with Gasteiger partial charge in [-0.05, 0) is 24.6 Å². The zero-order valence-electron chi connectivity index (χ0n) is 9.68. The molecule has 0 amide bonds. The summed E-state index contributed by atoms with van der Waals surface area (Å²) in [7, 11) is 0. The molecular weight excluding hydrogens is 257 g/mol. The van der Waals surface area contributed by atoms with Crippen LogP contribution >= 0.6 is 0 Å². The van der Waals surface area contributed by atoms with Gasteiger partial charge in [0.05, 0.1) is 5.56 Å². The number of aromatic carboxylic acids is 2. The van der Waals surface area contributed by atoms with E-state index in [4.69, 9.17) is 14.6 Å². The molecule has 1 aromatic heterocycles. The summed E-state index contributed by atoms with van der Waals surface area (Å²) in [5, 5.41) is 17.6. The molecule has 0 atom stereocenters. The standard InChI is InChI=1S/C12H8FNO5/c1-5-2-3-6(7(13)4-5)10-14-8(11(15)16)9(19-10)12(17)18/h2-4H,1H3,(H,15,16)(H,17,18). The number of hydrogen-bond donors (Lipinski definition) is 2. The molecule has 1 heterocycles. The predicted octanol–water partition coefficient (Wildman–Crippen LogP) is 2.19. The number of carboxylic acid groups (broad SMARTS) is 2. The van der Waals surface area contributed by atoms with E-state index in [2.05, 4.69) is 4.98 Å². The van der Waals surface area contributed by atoms with E-state index in [1.807, 2.05) is 0 Å². The number of hydrogen-bond acceptors (Lipinski definition) is 4. The molecule has 0 aliphatic rings. The van der Waals surface area contributed by atoms with Crippen LogP contribution in [0, 0.1) is 12.7 Å². The molecule has 19 heavy (non-hydrogen) atoms. The molecule has 0 saturated heterocycles. The van der Waals surface area contributed by atoms with Gasteiger partial charge in [-0.1, -0.05) is 6.07 Å². The van der Waals surface area contributed by atoms with Gasteiger partial charge in [0.2, 0.25) is 17.3 Å². The van der Waals surface area contributed by atoms with Gasteiger partial charge in [0.15, 0.2) is 0 Å². The average molecular weight is 265 g/mol. The molecule has 7 heteroatoms. The zero-order chi connectivity index (χ0) is 14.2. The lowest BCUT2D eigenvalue weighted by molar-refractivity contribution is 0.0624. The van der Waals surface area contributed by atoms with E-state index in [1.165, 1.54) is 12.1 Å². The van der Waals surface area contributed by atoms with Crippen molar-refractivity contribution in [3.05, 3.63) is 41.0 Å². The molecule has 0 aliphatic carbocycles. The Hall–Kier alpha value is -2.70. The molecule has 0 aliphatic heterocycles. The van der Waals surface area contributed by atoms with Gasteiger partial charge in [-0.3, -0.25) is 0 Å². The first-order valence-corrected chi connectivity index (χ1v) is 5.14. The fourth-order valence-corrected chi connectivity index (χ4v) is 1.52. The van der Waals surface area contributed by atoms with Crippen LogP contribution in [0.5, 0.6) is 0 Å². The molecule has 0 unspecified atom stereocenters. The first-order chi connectivity index (χ1) is 8.90. The number of aromatic nitrogens is 1. The number of rotatable bonds is 3. The van der Waals surface area contributed by atoms with Crippen LogP contribution in [0.25, 0.3) is 11.5 Å². The predicted molar refractivity (Wildman–Crippen MR) is 60.6 cm³/mol. The third-order valence-electron chi connectivity index (χ3n) is 2.38.